The normalized spacial score (nSPS) is 14.4. The average Bonchev–Trinajstić information content (AvgIpc) is 2.88. The van der Waals surface area contributed by atoms with Crippen LogP contribution in [0.15, 0.2) is 42.5 Å². The number of fused-ring (bicyclic) bond motifs is 1. The Bertz CT molecular complexity index is 747. The molecule has 1 aliphatic carbocycles. The second-order valence-electron chi connectivity index (χ2n) is 6.30. The van der Waals surface area contributed by atoms with Gasteiger partial charge in [-0.05, 0) is 42.0 Å². The van der Waals surface area contributed by atoms with Gasteiger partial charge in [-0.1, -0.05) is 42.5 Å². The maximum atomic E-state index is 11.7. The minimum absolute atomic E-state index is 0.00167. The van der Waals surface area contributed by atoms with Crippen molar-refractivity contribution in [2.75, 3.05) is 0 Å². The molecule has 0 saturated heterocycles. The molecule has 2 aromatic carbocycles. The molecule has 1 unspecified atom stereocenters. The summed E-state index contributed by atoms with van der Waals surface area (Å²) in [6.07, 6.45) is 2.31. The van der Waals surface area contributed by atoms with Crippen molar-refractivity contribution in [2.45, 2.75) is 39.2 Å². The smallest absolute Gasteiger partial charge is 0.217 e. The van der Waals surface area contributed by atoms with Gasteiger partial charge < -0.3 is 5.32 Å². The molecule has 23 heavy (non-hydrogen) atoms. The molecular formula is C20H21NO2. The van der Waals surface area contributed by atoms with Crippen LogP contribution in [0.2, 0.25) is 0 Å². The summed E-state index contributed by atoms with van der Waals surface area (Å²) < 4.78 is 0. The van der Waals surface area contributed by atoms with Crippen LogP contribution in [0.25, 0.3) is 11.1 Å². The van der Waals surface area contributed by atoms with E-state index in [2.05, 4.69) is 35.6 Å². The average molecular weight is 307 g/mol. The Hall–Kier alpha value is -2.42. The standard InChI is InChI=1S/C20H21NO2/c1-13(21-14(2)22)11-15-3-5-16(6-4-15)17-7-9-19-18(12-17)8-10-20(19)23/h3-7,9,12-13H,8,10-11H2,1-2H3,(H,21,22). The predicted octanol–water partition coefficient (Wildman–Crippen LogP) is 3.55. The first-order chi connectivity index (χ1) is 11.0. The SMILES string of the molecule is CC(=O)NC(C)Cc1ccc(-c2ccc3c(c2)CCC3=O)cc1. The molecule has 1 aliphatic rings. The van der Waals surface area contributed by atoms with Crippen molar-refractivity contribution >= 4 is 11.7 Å². The van der Waals surface area contributed by atoms with Gasteiger partial charge in [-0.15, -0.1) is 0 Å². The molecule has 1 atom stereocenters. The second kappa shape index (κ2) is 6.37. The third kappa shape index (κ3) is 3.50. The van der Waals surface area contributed by atoms with Gasteiger partial charge in [0.05, 0.1) is 0 Å². The first-order valence-electron chi connectivity index (χ1n) is 8.05. The van der Waals surface area contributed by atoms with Gasteiger partial charge in [-0.2, -0.15) is 0 Å². The van der Waals surface area contributed by atoms with Gasteiger partial charge in [-0.3, -0.25) is 9.59 Å². The Morgan fingerprint density at radius 1 is 1.09 bits per heavy atom. The van der Waals surface area contributed by atoms with E-state index in [1.165, 1.54) is 12.5 Å². The number of carbonyl (C=O) groups is 2. The molecule has 0 heterocycles. The highest BCUT2D eigenvalue weighted by Crippen LogP contribution is 2.28. The highest BCUT2D eigenvalue weighted by atomic mass is 16.1. The summed E-state index contributed by atoms with van der Waals surface area (Å²) in [5.41, 5.74) is 5.56. The van der Waals surface area contributed by atoms with Crippen molar-refractivity contribution in [3.8, 4) is 11.1 Å². The molecule has 0 saturated carbocycles. The quantitative estimate of drug-likeness (QED) is 0.939. The highest BCUT2D eigenvalue weighted by molar-refractivity contribution is 6.00. The lowest BCUT2D eigenvalue weighted by Crippen LogP contribution is -2.31. The number of nitrogens with one attached hydrogen (secondary N) is 1. The summed E-state index contributed by atoms with van der Waals surface area (Å²) in [4.78, 5) is 22.8. The van der Waals surface area contributed by atoms with E-state index < -0.39 is 0 Å². The number of amides is 1. The van der Waals surface area contributed by atoms with Crippen LogP contribution in [0.3, 0.4) is 0 Å². The Morgan fingerprint density at radius 2 is 1.78 bits per heavy atom. The van der Waals surface area contributed by atoms with Crippen LogP contribution in [-0.2, 0) is 17.6 Å². The van der Waals surface area contributed by atoms with Crippen molar-refractivity contribution in [2.24, 2.45) is 0 Å². The summed E-state index contributed by atoms with van der Waals surface area (Å²) in [5.74, 6) is 0.260. The fourth-order valence-electron chi connectivity index (χ4n) is 3.22. The molecule has 0 spiro atoms. The molecule has 3 heteroatoms. The van der Waals surface area contributed by atoms with E-state index in [4.69, 9.17) is 0 Å². The highest BCUT2D eigenvalue weighted by Gasteiger charge is 2.19. The molecule has 2 aromatic rings. The van der Waals surface area contributed by atoms with Gasteiger partial charge in [-0.25, -0.2) is 0 Å². The lowest BCUT2D eigenvalue weighted by Gasteiger charge is -2.13. The molecule has 3 nitrogen and oxygen atoms in total. The number of hydrogen-bond acceptors (Lipinski definition) is 2. The number of aryl methyl sites for hydroxylation is 1. The molecule has 0 fully saturated rings. The van der Waals surface area contributed by atoms with E-state index in [0.29, 0.717) is 6.42 Å². The number of benzene rings is 2. The van der Waals surface area contributed by atoms with Crippen LogP contribution in [0.4, 0.5) is 0 Å². The first-order valence-corrected chi connectivity index (χ1v) is 8.05. The Labute approximate surface area is 136 Å². The molecule has 0 radical (unpaired) electrons. The maximum absolute atomic E-state index is 11.7. The van der Waals surface area contributed by atoms with Crippen molar-refractivity contribution in [3.05, 3.63) is 59.2 Å². The number of rotatable bonds is 4. The second-order valence-corrected chi connectivity index (χ2v) is 6.30. The van der Waals surface area contributed by atoms with Gasteiger partial charge in [0.15, 0.2) is 5.78 Å². The van der Waals surface area contributed by atoms with Crippen molar-refractivity contribution < 1.29 is 9.59 Å². The monoisotopic (exact) mass is 307 g/mol. The lowest BCUT2D eigenvalue weighted by atomic mass is 9.98. The number of Topliss-reactive ketones (excluding diaryl/α,β-unsaturated/α-hetero) is 1. The zero-order valence-electron chi connectivity index (χ0n) is 13.6. The molecule has 0 aliphatic heterocycles. The van der Waals surface area contributed by atoms with Gasteiger partial charge in [0.2, 0.25) is 5.91 Å². The fourth-order valence-corrected chi connectivity index (χ4v) is 3.22. The minimum Gasteiger partial charge on any atom is -0.354 e. The van der Waals surface area contributed by atoms with Gasteiger partial charge >= 0.3 is 0 Å². The Balaban J connectivity index is 1.75. The van der Waals surface area contributed by atoms with Crippen LogP contribution < -0.4 is 5.32 Å². The number of carbonyl (C=O) groups excluding carboxylic acids is 2. The summed E-state index contributed by atoms with van der Waals surface area (Å²) in [7, 11) is 0. The van der Waals surface area contributed by atoms with Gasteiger partial charge in [0.1, 0.15) is 0 Å². The van der Waals surface area contributed by atoms with E-state index in [9.17, 15) is 9.59 Å². The van der Waals surface area contributed by atoms with Crippen LogP contribution in [0, 0.1) is 0 Å². The zero-order chi connectivity index (χ0) is 16.4. The van der Waals surface area contributed by atoms with Crippen molar-refractivity contribution in [1.29, 1.82) is 0 Å². The lowest BCUT2D eigenvalue weighted by molar-refractivity contribution is -0.119. The molecule has 0 aromatic heterocycles. The van der Waals surface area contributed by atoms with E-state index in [1.54, 1.807) is 0 Å². The van der Waals surface area contributed by atoms with Crippen LogP contribution in [0.5, 0.6) is 0 Å². The third-order valence-electron chi connectivity index (χ3n) is 4.31. The molecule has 1 N–H and O–H groups in total. The summed E-state index contributed by atoms with van der Waals surface area (Å²) in [5, 5.41) is 2.90. The van der Waals surface area contributed by atoms with E-state index in [1.807, 2.05) is 19.1 Å². The third-order valence-corrected chi connectivity index (χ3v) is 4.31. The molecule has 118 valence electrons. The van der Waals surface area contributed by atoms with Crippen molar-refractivity contribution in [3.63, 3.8) is 0 Å². The van der Waals surface area contributed by atoms with Crippen LogP contribution in [0.1, 0.15) is 41.8 Å². The van der Waals surface area contributed by atoms with Crippen LogP contribution in [-0.4, -0.2) is 17.7 Å². The maximum Gasteiger partial charge on any atom is 0.217 e. The van der Waals surface area contributed by atoms with Crippen LogP contribution >= 0.6 is 0 Å². The minimum atomic E-state index is 0.00167. The summed E-state index contributed by atoms with van der Waals surface area (Å²) >= 11 is 0. The van der Waals surface area contributed by atoms with Gasteiger partial charge in [0, 0.05) is 24.9 Å². The fraction of sp³-hybridized carbons (Fsp3) is 0.300. The number of hydrogen-bond donors (Lipinski definition) is 1. The van der Waals surface area contributed by atoms with Crippen molar-refractivity contribution in [1.82, 2.24) is 5.32 Å². The molecular weight excluding hydrogens is 286 g/mol. The topological polar surface area (TPSA) is 46.2 Å². The zero-order valence-corrected chi connectivity index (χ0v) is 13.6. The van der Waals surface area contributed by atoms with E-state index in [0.717, 1.165) is 35.1 Å². The van der Waals surface area contributed by atoms with Gasteiger partial charge in [0.25, 0.3) is 0 Å². The van der Waals surface area contributed by atoms with E-state index >= 15 is 0 Å². The molecule has 3 rings (SSSR count). The summed E-state index contributed by atoms with van der Waals surface area (Å²) in [6, 6.07) is 14.7. The first kappa shape index (κ1) is 15.5. The Kier molecular flexibility index (Phi) is 4.28. The summed E-state index contributed by atoms with van der Waals surface area (Å²) in [6.45, 7) is 3.55. The Morgan fingerprint density at radius 3 is 2.48 bits per heavy atom. The largest absolute Gasteiger partial charge is 0.354 e. The molecule has 0 bridgehead atoms. The number of ketones is 1. The predicted molar refractivity (Wildman–Crippen MR) is 91.5 cm³/mol. The van der Waals surface area contributed by atoms with E-state index in [-0.39, 0.29) is 17.7 Å². The molecule has 1 amide bonds.